The summed E-state index contributed by atoms with van der Waals surface area (Å²) in [5, 5.41) is 13.7. The monoisotopic (exact) mass is 328 g/mol. The van der Waals surface area contributed by atoms with Gasteiger partial charge in [0.2, 0.25) is 5.91 Å². The first-order valence-electron chi connectivity index (χ1n) is 7.71. The van der Waals surface area contributed by atoms with Gasteiger partial charge in [0.05, 0.1) is 25.9 Å². The molecule has 3 aromatic rings. The van der Waals surface area contributed by atoms with E-state index in [9.17, 15) is 4.79 Å². The number of ether oxygens (including phenoxy) is 1. The van der Waals surface area contributed by atoms with E-state index >= 15 is 0 Å². The number of anilines is 1. The predicted molar refractivity (Wildman–Crippen MR) is 93.5 cm³/mol. The standard InChI is InChI=1S/C18H20N2O4/c1-20(7-8-21)11-18(22)19-14-10-16-13(9-17(14)23-2)12-5-3-4-6-15(12)24-16/h3-6,9-10,21H,7-8,11H2,1-2H3,(H,19,22). The molecule has 2 N–H and O–H groups in total. The van der Waals surface area contributed by atoms with Crippen LogP contribution in [0.15, 0.2) is 40.8 Å². The van der Waals surface area contributed by atoms with Crippen LogP contribution in [0.1, 0.15) is 0 Å². The number of amides is 1. The molecule has 0 unspecified atom stereocenters. The number of benzene rings is 2. The second kappa shape index (κ2) is 6.90. The van der Waals surface area contributed by atoms with Crippen LogP contribution < -0.4 is 10.1 Å². The van der Waals surface area contributed by atoms with Crippen LogP contribution in [-0.4, -0.2) is 49.8 Å². The van der Waals surface area contributed by atoms with E-state index < -0.39 is 0 Å². The molecule has 0 atom stereocenters. The Kier molecular flexibility index (Phi) is 4.69. The largest absolute Gasteiger partial charge is 0.495 e. The zero-order chi connectivity index (χ0) is 17.1. The number of hydrogen-bond acceptors (Lipinski definition) is 5. The zero-order valence-corrected chi connectivity index (χ0v) is 13.7. The zero-order valence-electron chi connectivity index (χ0n) is 13.7. The lowest BCUT2D eigenvalue weighted by molar-refractivity contribution is -0.117. The predicted octanol–water partition coefficient (Wildman–Crippen LogP) is 2.46. The molecule has 2 aromatic carbocycles. The minimum Gasteiger partial charge on any atom is -0.495 e. The van der Waals surface area contributed by atoms with Gasteiger partial charge in [-0.25, -0.2) is 0 Å². The molecule has 1 aromatic heterocycles. The van der Waals surface area contributed by atoms with Crippen molar-refractivity contribution in [1.29, 1.82) is 0 Å². The number of likely N-dealkylation sites (N-methyl/N-ethyl adjacent to an activating group) is 1. The average Bonchev–Trinajstić information content (AvgIpc) is 2.91. The first-order valence-corrected chi connectivity index (χ1v) is 7.71. The highest BCUT2D eigenvalue weighted by molar-refractivity contribution is 6.07. The molecule has 0 spiro atoms. The highest BCUT2D eigenvalue weighted by atomic mass is 16.5. The van der Waals surface area contributed by atoms with Crippen LogP contribution in [0.3, 0.4) is 0 Å². The Balaban J connectivity index is 1.92. The lowest BCUT2D eigenvalue weighted by Crippen LogP contribution is -2.32. The molecule has 1 heterocycles. The van der Waals surface area contributed by atoms with Crippen molar-refractivity contribution >= 4 is 33.5 Å². The Morgan fingerprint density at radius 2 is 2.04 bits per heavy atom. The minimum absolute atomic E-state index is 0.0119. The fraction of sp³-hybridized carbons (Fsp3) is 0.278. The third-order valence-electron chi connectivity index (χ3n) is 3.87. The normalized spacial score (nSPS) is 11.3. The third kappa shape index (κ3) is 3.20. The Bertz CT molecular complexity index is 872. The van der Waals surface area contributed by atoms with Crippen molar-refractivity contribution in [3.05, 3.63) is 36.4 Å². The number of furan rings is 1. The number of nitrogens with zero attached hydrogens (tertiary/aromatic N) is 1. The summed E-state index contributed by atoms with van der Waals surface area (Å²) in [6.45, 7) is 0.632. The fourth-order valence-corrected chi connectivity index (χ4v) is 2.70. The van der Waals surface area contributed by atoms with Crippen molar-refractivity contribution in [3.8, 4) is 5.75 Å². The number of aliphatic hydroxyl groups is 1. The van der Waals surface area contributed by atoms with Crippen LogP contribution in [0.2, 0.25) is 0 Å². The summed E-state index contributed by atoms with van der Waals surface area (Å²) >= 11 is 0. The number of para-hydroxylation sites is 1. The smallest absolute Gasteiger partial charge is 0.238 e. The third-order valence-corrected chi connectivity index (χ3v) is 3.87. The van der Waals surface area contributed by atoms with Gasteiger partial charge >= 0.3 is 0 Å². The van der Waals surface area contributed by atoms with E-state index in [1.54, 1.807) is 25.1 Å². The van der Waals surface area contributed by atoms with Gasteiger partial charge in [0.1, 0.15) is 16.9 Å². The van der Waals surface area contributed by atoms with E-state index in [0.717, 1.165) is 16.4 Å². The van der Waals surface area contributed by atoms with Gasteiger partial charge in [0.15, 0.2) is 0 Å². The molecule has 126 valence electrons. The highest BCUT2D eigenvalue weighted by Crippen LogP contribution is 2.36. The summed E-state index contributed by atoms with van der Waals surface area (Å²) in [6.07, 6.45) is 0. The Morgan fingerprint density at radius 3 is 2.79 bits per heavy atom. The number of rotatable bonds is 6. The van der Waals surface area contributed by atoms with Crippen molar-refractivity contribution in [2.45, 2.75) is 0 Å². The molecule has 0 aliphatic carbocycles. The summed E-state index contributed by atoms with van der Waals surface area (Å²) in [6, 6.07) is 11.4. The van der Waals surface area contributed by atoms with Crippen LogP contribution >= 0.6 is 0 Å². The maximum atomic E-state index is 12.2. The van der Waals surface area contributed by atoms with Crippen molar-refractivity contribution in [2.75, 3.05) is 39.2 Å². The molecule has 0 aliphatic heterocycles. The SMILES string of the molecule is COc1cc2c(cc1NC(=O)CN(C)CCO)oc1ccccc12. The van der Waals surface area contributed by atoms with E-state index in [2.05, 4.69) is 5.32 Å². The van der Waals surface area contributed by atoms with Crippen molar-refractivity contribution < 1.29 is 19.1 Å². The fourth-order valence-electron chi connectivity index (χ4n) is 2.70. The number of hydrogen-bond donors (Lipinski definition) is 2. The Morgan fingerprint density at radius 1 is 1.25 bits per heavy atom. The van der Waals surface area contributed by atoms with Crippen LogP contribution in [0.25, 0.3) is 21.9 Å². The summed E-state index contributed by atoms with van der Waals surface area (Å²) in [7, 11) is 3.34. The van der Waals surface area contributed by atoms with E-state index in [-0.39, 0.29) is 19.1 Å². The first kappa shape index (κ1) is 16.3. The molecule has 24 heavy (non-hydrogen) atoms. The number of carbonyl (C=O) groups excluding carboxylic acids is 1. The maximum Gasteiger partial charge on any atom is 0.238 e. The lowest BCUT2D eigenvalue weighted by atomic mass is 10.1. The quantitative estimate of drug-likeness (QED) is 0.727. The van der Waals surface area contributed by atoms with Gasteiger partial charge in [-0.15, -0.1) is 0 Å². The summed E-state index contributed by atoms with van der Waals surface area (Å²) in [5.74, 6) is 0.395. The van der Waals surface area contributed by atoms with E-state index in [4.69, 9.17) is 14.3 Å². The maximum absolute atomic E-state index is 12.2. The molecular formula is C18H20N2O4. The van der Waals surface area contributed by atoms with Crippen molar-refractivity contribution in [1.82, 2.24) is 4.90 Å². The molecule has 6 heteroatoms. The molecule has 0 saturated carbocycles. The van der Waals surface area contributed by atoms with Gasteiger partial charge in [-0.2, -0.15) is 0 Å². The number of nitrogens with one attached hydrogen (secondary N) is 1. The summed E-state index contributed by atoms with van der Waals surface area (Å²) < 4.78 is 11.3. The van der Waals surface area contributed by atoms with Gasteiger partial charge in [-0.3, -0.25) is 9.69 Å². The Hall–Kier alpha value is -2.57. The van der Waals surface area contributed by atoms with E-state index in [1.807, 2.05) is 30.3 Å². The van der Waals surface area contributed by atoms with Gasteiger partial charge in [-0.05, 0) is 19.2 Å². The number of fused-ring (bicyclic) bond motifs is 3. The first-order chi connectivity index (χ1) is 11.6. The molecule has 0 radical (unpaired) electrons. The minimum atomic E-state index is -0.181. The molecule has 0 bridgehead atoms. The molecule has 0 saturated heterocycles. The van der Waals surface area contributed by atoms with Crippen LogP contribution in [0, 0.1) is 0 Å². The Labute approximate surface area is 139 Å². The summed E-state index contributed by atoms with van der Waals surface area (Å²) in [5.41, 5.74) is 2.04. The molecule has 0 fully saturated rings. The number of aliphatic hydroxyl groups excluding tert-OH is 1. The number of methoxy groups -OCH3 is 1. The van der Waals surface area contributed by atoms with Gasteiger partial charge < -0.3 is 19.6 Å². The van der Waals surface area contributed by atoms with Crippen LogP contribution in [-0.2, 0) is 4.79 Å². The highest BCUT2D eigenvalue weighted by Gasteiger charge is 2.14. The van der Waals surface area contributed by atoms with E-state index in [0.29, 0.717) is 23.6 Å². The molecule has 6 nitrogen and oxygen atoms in total. The van der Waals surface area contributed by atoms with Gasteiger partial charge in [0, 0.05) is 23.4 Å². The van der Waals surface area contributed by atoms with Gasteiger partial charge in [0.25, 0.3) is 0 Å². The summed E-state index contributed by atoms with van der Waals surface area (Å²) in [4.78, 5) is 13.9. The molecule has 1 amide bonds. The van der Waals surface area contributed by atoms with E-state index in [1.165, 1.54) is 0 Å². The van der Waals surface area contributed by atoms with Crippen LogP contribution in [0.4, 0.5) is 5.69 Å². The second-order valence-electron chi connectivity index (χ2n) is 5.66. The second-order valence-corrected chi connectivity index (χ2v) is 5.66. The molecule has 3 rings (SSSR count). The number of carbonyl (C=O) groups is 1. The van der Waals surface area contributed by atoms with Crippen LogP contribution in [0.5, 0.6) is 5.75 Å². The molecular weight excluding hydrogens is 308 g/mol. The average molecular weight is 328 g/mol. The molecule has 0 aliphatic rings. The van der Waals surface area contributed by atoms with Gasteiger partial charge in [-0.1, -0.05) is 18.2 Å². The van der Waals surface area contributed by atoms with Crippen molar-refractivity contribution in [3.63, 3.8) is 0 Å². The lowest BCUT2D eigenvalue weighted by Gasteiger charge is -2.15. The van der Waals surface area contributed by atoms with Crippen molar-refractivity contribution in [2.24, 2.45) is 0 Å². The topological polar surface area (TPSA) is 74.9 Å².